The van der Waals surface area contributed by atoms with Crippen molar-refractivity contribution in [2.45, 2.75) is 12.4 Å². The van der Waals surface area contributed by atoms with Gasteiger partial charge in [0.05, 0.1) is 26.9 Å². The first-order valence-electron chi connectivity index (χ1n) is 12.4. The SMILES string of the molecule is O=C(Nc1ccc(Cl)c(C(F)(F)F)c1)Nc1ccc(Oc2ccnc(C(=O)NNC(=O)c3ccc(Cl)c(C(F)(F)F)c3)c2)cc1F. The van der Waals surface area contributed by atoms with Gasteiger partial charge in [-0.2, -0.15) is 26.3 Å². The van der Waals surface area contributed by atoms with E-state index < -0.39 is 62.8 Å². The van der Waals surface area contributed by atoms with Crippen LogP contribution in [0, 0.1) is 5.82 Å². The molecule has 1 aromatic heterocycles. The maximum atomic E-state index is 14.7. The van der Waals surface area contributed by atoms with Gasteiger partial charge in [0, 0.05) is 29.6 Å². The summed E-state index contributed by atoms with van der Waals surface area (Å²) in [7, 11) is 0. The molecule has 4 rings (SSSR count). The smallest absolute Gasteiger partial charge is 0.417 e. The molecule has 240 valence electrons. The normalized spacial score (nSPS) is 11.4. The second-order valence-electron chi connectivity index (χ2n) is 8.99. The third kappa shape index (κ3) is 8.54. The molecule has 0 radical (unpaired) electrons. The molecule has 0 fully saturated rings. The van der Waals surface area contributed by atoms with Crippen LogP contribution in [0.4, 0.5) is 46.9 Å². The lowest BCUT2D eigenvalue weighted by molar-refractivity contribution is -0.138. The molecule has 1 heterocycles. The maximum absolute atomic E-state index is 14.7. The van der Waals surface area contributed by atoms with Gasteiger partial charge in [-0.3, -0.25) is 25.4 Å². The highest BCUT2D eigenvalue weighted by Gasteiger charge is 2.34. The van der Waals surface area contributed by atoms with E-state index >= 15 is 0 Å². The Morgan fingerprint density at radius 1 is 0.696 bits per heavy atom. The third-order valence-corrected chi connectivity index (χ3v) is 6.40. The Bertz CT molecular complexity index is 1820. The van der Waals surface area contributed by atoms with Crippen molar-refractivity contribution in [3.05, 3.63) is 111 Å². The van der Waals surface area contributed by atoms with Gasteiger partial charge < -0.3 is 15.4 Å². The number of urea groups is 1. The Hall–Kier alpha value is -5.09. The number of amides is 4. The first-order chi connectivity index (χ1) is 21.5. The van der Waals surface area contributed by atoms with Crippen molar-refractivity contribution in [2.75, 3.05) is 10.6 Å². The predicted octanol–water partition coefficient (Wildman–Crippen LogP) is 8.08. The van der Waals surface area contributed by atoms with Crippen LogP contribution < -0.4 is 26.2 Å². The highest BCUT2D eigenvalue weighted by atomic mass is 35.5. The van der Waals surface area contributed by atoms with Crippen molar-refractivity contribution >= 4 is 52.4 Å². The van der Waals surface area contributed by atoms with E-state index in [1.54, 1.807) is 0 Å². The summed E-state index contributed by atoms with van der Waals surface area (Å²) in [6.45, 7) is 0. The van der Waals surface area contributed by atoms with E-state index in [0.717, 1.165) is 48.7 Å². The van der Waals surface area contributed by atoms with Crippen LogP contribution in [0.5, 0.6) is 11.5 Å². The minimum absolute atomic E-state index is 0.0277. The summed E-state index contributed by atoms with van der Waals surface area (Å²) in [6, 6.07) is 9.59. The number of rotatable bonds is 6. The molecule has 0 unspecified atom stereocenters. The summed E-state index contributed by atoms with van der Waals surface area (Å²) < 4.78 is 98.5. The number of halogens is 9. The molecule has 3 aromatic carbocycles. The van der Waals surface area contributed by atoms with Crippen molar-refractivity contribution < 1.29 is 49.9 Å². The highest BCUT2D eigenvalue weighted by molar-refractivity contribution is 6.32. The van der Waals surface area contributed by atoms with Gasteiger partial charge in [-0.05, 0) is 54.6 Å². The number of pyridine rings is 1. The Morgan fingerprint density at radius 2 is 1.30 bits per heavy atom. The van der Waals surface area contributed by atoms with Crippen LogP contribution in [0.15, 0.2) is 72.9 Å². The van der Waals surface area contributed by atoms with Gasteiger partial charge >= 0.3 is 18.4 Å². The number of alkyl halides is 6. The molecule has 0 aliphatic carbocycles. The molecule has 4 amide bonds. The lowest BCUT2D eigenvalue weighted by Gasteiger charge is -2.13. The van der Waals surface area contributed by atoms with Crippen LogP contribution >= 0.6 is 23.2 Å². The number of hydrazine groups is 1. The zero-order valence-electron chi connectivity index (χ0n) is 22.4. The van der Waals surface area contributed by atoms with Gasteiger partial charge in [0.15, 0.2) is 0 Å². The number of carbonyl (C=O) groups excluding carboxylic acids is 3. The lowest BCUT2D eigenvalue weighted by atomic mass is 10.1. The van der Waals surface area contributed by atoms with Crippen molar-refractivity contribution in [1.29, 1.82) is 0 Å². The Balaban J connectivity index is 1.36. The second-order valence-corrected chi connectivity index (χ2v) is 9.81. The molecule has 46 heavy (non-hydrogen) atoms. The Labute approximate surface area is 263 Å². The first kappa shape index (κ1) is 33.8. The number of anilines is 2. The van der Waals surface area contributed by atoms with Crippen LogP contribution in [0.25, 0.3) is 0 Å². The minimum atomic E-state index is -4.82. The number of aromatic nitrogens is 1. The van der Waals surface area contributed by atoms with Crippen molar-refractivity contribution in [2.24, 2.45) is 0 Å². The molecule has 0 atom stereocenters. The van der Waals surface area contributed by atoms with Crippen molar-refractivity contribution in [3.8, 4) is 11.5 Å². The van der Waals surface area contributed by atoms with Crippen LogP contribution in [0.3, 0.4) is 0 Å². The number of hydrogen-bond donors (Lipinski definition) is 4. The summed E-state index contributed by atoms with van der Waals surface area (Å²) in [5.41, 5.74) is 0.140. The van der Waals surface area contributed by atoms with Gasteiger partial charge in [-0.15, -0.1) is 0 Å². The van der Waals surface area contributed by atoms with Gasteiger partial charge in [-0.25, -0.2) is 9.18 Å². The minimum Gasteiger partial charge on any atom is -0.457 e. The predicted molar refractivity (Wildman–Crippen MR) is 151 cm³/mol. The fourth-order valence-electron chi connectivity index (χ4n) is 3.63. The number of nitrogens with one attached hydrogen (secondary N) is 4. The average Bonchev–Trinajstić information content (AvgIpc) is 2.97. The van der Waals surface area contributed by atoms with Crippen LogP contribution in [-0.2, 0) is 12.4 Å². The fraction of sp³-hybridized carbons (Fsp3) is 0.0714. The zero-order chi connectivity index (χ0) is 33.8. The van der Waals surface area contributed by atoms with Gasteiger partial charge in [0.1, 0.15) is 23.0 Å². The van der Waals surface area contributed by atoms with Crippen LogP contribution in [0.1, 0.15) is 32.0 Å². The van der Waals surface area contributed by atoms with E-state index in [0.29, 0.717) is 12.1 Å². The molecule has 0 bridgehead atoms. The molecule has 0 saturated heterocycles. The average molecular weight is 690 g/mol. The summed E-state index contributed by atoms with van der Waals surface area (Å²) in [4.78, 5) is 40.8. The molecule has 0 aliphatic heterocycles. The number of carbonyl (C=O) groups is 3. The quantitative estimate of drug-likeness (QED) is 0.121. The summed E-state index contributed by atoms with van der Waals surface area (Å²) in [6.07, 6.45) is -8.45. The molecule has 9 nitrogen and oxygen atoms in total. The lowest BCUT2D eigenvalue weighted by Crippen LogP contribution is -2.42. The third-order valence-electron chi connectivity index (χ3n) is 5.74. The van der Waals surface area contributed by atoms with Gasteiger partial charge in [0.25, 0.3) is 11.8 Å². The van der Waals surface area contributed by atoms with E-state index in [4.69, 9.17) is 27.9 Å². The van der Waals surface area contributed by atoms with Crippen molar-refractivity contribution in [3.63, 3.8) is 0 Å². The van der Waals surface area contributed by atoms with Crippen molar-refractivity contribution in [1.82, 2.24) is 15.8 Å². The first-order valence-corrected chi connectivity index (χ1v) is 13.1. The number of ether oxygens (including phenoxy) is 1. The van der Waals surface area contributed by atoms with E-state index in [-0.39, 0.29) is 28.6 Å². The van der Waals surface area contributed by atoms with Crippen LogP contribution in [-0.4, -0.2) is 22.8 Å². The van der Waals surface area contributed by atoms with Crippen LogP contribution in [0.2, 0.25) is 10.0 Å². The largest absolute Gasteiger partial charge is 0.457 e. The molecule has 18 heteroatoms. The molecule has 0 saturated carbocycles. The monoisotopic (exact) mass is 689 g/mol. The molecule has 4 aromatic rings. The number of benzene rings is 3. The maximum Gasteiger partial charge on any atom is 0.417 e. The summed E-state index contributed by atoms with van der Waals surface area (Å²) in [5.74, 6) is -3.20. The Morgan fingerprint density at radius 3 is 1.96 bits per heavy atom. The van der Waals surface area contributed by atoms with E-state index in [9.17, 15) is 45.1 Å². The fourth-order valence-corrected chi connectivity index (χ4v) is 4.08. The molecular formula is C28H16Cl2F7N5O4. The number of nitrogens with zero attached hydrogens (tertiary/aromatic N) is 1. The Kier molecular flexibility index (Phi) is 9.92. The molecular weight excluding hydrogens is 674 g/mol. The van der Waals surface area contributed by atoms with E-state index in [2.05, 4.69) is 15.6 Å². The number of hydrogen-bond acceptors (Lipinski definition) is 5. The summed E-state index contributed by atoms with van der Waals surface area (Å²) >= 11 is 11.1. The van der Waals surface area contributed by atoms with E-state index in [1.165, 1.54) is 12.1 Å². The van der Waals surface area contributed by atoms with Gasteiger partial charge in [0.2, 0.25) is 0 Å². The topological polar surface area (TPSA) is 121 Å². The van der Waals surface area contributed by atoms with Gasteiger partial charge in [-0.1, -0.05) is 23.2 Å². The standard InChI is InChI=1S/C28H16Cl2F7N5O4/c29-19-4-1-13(9-17(19)27(32,33)34)24(43)41-42-25(44)23-12-16(7-8-38-23)46-15-3-6-22(21(31)11-15)40-26(45)39-14-2-5-20(30)18(10-14)28(35,36)37/h1-12H,(H,41,43)(H,42,44)(H2,39,40,45). The summed E-state index contributed by atoms with van der Waals surface area (Å²) in [5, 5.41) is 3.08. The highest BCUT2D eigenvalue weighted by Crippen LogP contribution is 2.37. The molecule has 0 aliphatic rings. The molecule has 4 N–H and O–H groups in total. The second kappa shape index (κ2) is 13.5. The van der Waals surface area contributed by atoms with E-state index in [1.807, 2.05) is 10.9 Å². The zero-order valence-corrected chi connectivity index (χ0v) is 23.9. The molecule has 0 spiro atoms.